The lowest BCUT2D eigenvalue weighted by atomic mass is 10.2. The molecule has 0 unspecified atom stereocenters. The molecule has 138 valence electrons. The summed E-state index contributed by atoms with van der Waals surface area (Å²) in [4.78, 5) is 11.9. The molecule has 0 aliphatic rings. The molecule has 2 rings (SSSR count). The van der Waals surface area contributed by atoms with Crippen LogP contribution in [0.1, 0.15) is 22.0 Å². The Bertz CT molecular complexity index is 702. The molecule has 25 heavy (non-hydrogen) atoms. The fourth-order valence-corrected chi connectivity index (χ4v) is 2.74. The molecule has 0 aliphatic carbocycles. The Hall–Kier alpha value is -1.43. The van der Waals surface area contributed by atoms with Crippen LogP contribution in [0, 0.1) is 6.92 Å². The Morgan fingerprint density at radius 1 is 1.32 bits per heavy atom. The van der Waals surface area contributed by atoms with Crippen LogP contribution in [0.3, 0.4) is 0 Å². The second kappa shape index (κ2) is 9.90. The molecule has 5 nitrogen and oxygen atoms in total. The molecular weight excluding hydrogens is 466 g/mol. The lowest BCUT2D eigenvalue weighted by Gasteiger charge is -2.12. The first-order chi connectivity index (χ1) is 11.4. The maximum Gasteiger partial charge on any atom is 0.434 e. The summed E-state index contributed by atoms with van der Waals surface area (Å²) in [6.07, 6.45) is -2.27. The molecule has 0 radical (unpaired) electrons. The number of aliphatic imine (C=N–C) groups is 1. The number of hydrogen-bond acceptors (Lipinski definition) is 4. The number of nitrogens with one attached hydrogen (secondary N) is 2. The van der Waals surface area contributed by atoms with E-state index in [0.717, 1.165) is 28.0 Å². The van der Waals surface area contributed by atoms with Gasteiger partial charge in [-0.1, -0.05) is 6.07 Å². The average molecular weight is 485 g/mol. The van der Waals surface area contributed by atoms with Crippen molar-refractivity contribution in [2.45, 2.75) is 26.1 Å². The highest BCUT2D eigenvalue weighted by Gasteiger charge is 2.33. The predicted octanol–water partition coefficient (Wildman–Crippen LogP) is 3.39. The van der Waals surface area contributed by atoms with Crippen LogP contribution in [0.2, 0.25) is 0 Å². The van der Waals surface area contributed by atoms with E-state index >= 15 is 0 Å². The number of thiazole rings is 1. The molecule has 0 fully saturated rings. The van der Waals surface area contributed by atoms with Crippen molar-refractivity contribution in [3.63, 3.8) is 0 Å². The quantitative estimate of drug-likeness (QED) is 0.388. The van der Waals surface area contributed by atoms with Crippen LogP contribution in [0.4, 0.5) is 13.2 Å². The summed E-state index contributed by atoms with van der Waals surface area (Å²) in [5, 5.41) is 7.64. The van der Waals surface area contributed by atoms with Crippen molar-refractivity contribution in [1.29, 1.82) is 0 Å². The van der Waals surface area contributed by atoms with Gasteiger partial charge in [-0.25, -0.2) is 4.98 Å². The van der Waals surface area contributed by atoms with Crippen molar-refractivity contribution in [1.82, 2.24) is 20.6 Å². The van der Waals surface area contributed by atoms with Crippen molar-refractivity contribution in [2.75, 3.05) is 13.6 Å². The number of pyridine rings is 1. The summed E-state index contributed by atoms with van der Waals surface area (Å²) in [5.74, 6) is 0.563. The summed E-state index contributed by atoms with van der Waals surface area (Å²) in [6.45, 7) is 2.93. The highest BCUT2D eigenvalue weighted by atomic mass is 127. The summed E-state index contributed by atoms with van der Waals surface area (Å²) in [7, 11) is 1.63. The van der Waals surface area contributed by atoms with Gasteiger partial charge in [0.25, 0.3) is 0 Å². The van der Waals surface area contributed by atoms with E-state index < -0.39 is 11.9 Å². The van der Waals surface area contributed by atoms with Gasteiger partial charge in [0.15, 0.2) is 11.7 Å². The zero-order chi connectivity index (χ0) is 17.6. The Kier molecular flexibility index (Phi) is 8.56. The number of rotatable bonds is 5. The van der Waals surface area contributed by atoms with Crippen LogP contribution >= 0.6 is 35.3 Å². The first-order valence-electron chi connectivity index (χ1n) is 7.26. The van der Waals surface area contributed by atoms with E-state index in [-0.39, 0.29) is 24.0 Å². The molecule has 2 aromatic rings. The van der Waals surface area contributed by atoms with Crippen LogP contribution in [0.25, 0.3) is 0 Å². The minimum absolute atomic E-state index is 0. The van der Waals surface area contributed by atoms with E-state index in [9.17, 15) is 13.2 Å². The molecule has 2 aromatic heterocycles. The number of alkyl halides is 3. The molecule has 0 saturated heterocycles. The van der Waals surface area contributed by atoms with Gasteiger partial charge < -0.3 is 10.6 Å². The van der Waals surface area contributed by atoms with Gasteiger partial charge in [0.1, 0.15) is 0 Å². The molecule has 0 aromatic carbocycles. The van der Waals surface area contributed by atoms with Crippen LogP contribution in [-0.2, 0) is 19.1 Å². The molecule has 0 amide bonds. The lowest BCUT2D eigenvalue weighted by molar-refractivity contribution is -0.140. The van der Waals surface area contributed by atoms with Crippen molar-refractivity contribution < 1.29 is 13.2 Å². The largest absolute Gasteiger partial charge is 0.434 e. The number of hydrogen-bond donors (Lipinski definition) is 2. The van der Waals surface area contributed by atoms with Crippen molar-refractivity contribution >= 4 is 41.3 Å². The number of nitrogens with zero attached hydrogens (tertiary/aromatic N) is 3. The van der Waals surface area contributed by atoms with Crippen molar-refractivity contribution in [2.24, 2.45) is 4.99 Å². The third-order valence-electron chi connectivity index (χ3n) is 3.24. The second-order valence-electron chi connectivity index (χ2n) is 4.99. The molecule has 2 heterocycles. The third-order valence-corrected chi connectivity index (χ3v) is 4.15. The number of guanidine groups is 1. The zero-order valence-electron chi connectivity index (χ0n) is 13.7. The summed E-state index contributed by atoms with van der Waals surface area (Å²) in [6, 6.07) is 3.84. The normalized spacial score (nSPS) is 11.8. The predicted molar refractivity (Wildman–Crippen MR) is 103 cm³/mol. The van der Waals surface area contributed by atoms with Gasteiger partial charge in [0.05, 0.1) is 17.2 Å². The molecule has 0 aliphatic heterocycles. The molecule has 0 saturated carbocycles. The van der Waals surface area contributed by atoms with E-state index in [1.807, 2.05) is 19.1 Å². The molecule has 0 spiro atoms. The number of aryl methyl sites for hydroxylation is 1. The minimum Gasteiger partial charge on any atom is -0.356 e. The van der Waals surface area contributed by atoms with E-state index in [4.69, 9.17) is 0 Å². The molecule has 0 bridgehead atoms. The highest BCUT2D eigenvalue weighted by molar-refractivity contribution is 14.0. The average Bonchev–Trinajstić information content (AvgIpc) is 3.01. The van der Waals surface area contributed by atoms with Gasteiger partial charge in [-0.15, -0.1) is 35.3 Å². The Morgan fingerprint density at radius 3 is 2.68 bits per heavy atom. The second-order valence-corrected chi connectivity index (χ2v) is 5.94. The van der Waals surface area contributed by atoms with Gasteiger partial charge in [0.2, 0.25) is 0 Å². The van der Waals surface area contributed by atoms with Gasteiger partial charge in [-0.05, 0) is 18.6 Å². The summed E-state index contributed by atoms with van der Waals surface area (Å²) in [5.41, 5.74) is 1.15. The SMILES string of the molecule is CN=C(NCCc1nc(C(F)(F)F)cs1)NCc1ncccc1C.I. The van der Waals surface area contributed by atoms with Gasteiger partial charge in [-0.3, -0.25) is 9.98 Å². The van der Waals surface area contributed by atoms with Gasteiger partial charge >= 0.3 is 6.18 Å². The molecule has 10 heteroatoms. The van der Waals surface area contributed by atoms with E-state index in [1.165, 1.54) is 0 Å². The smallest absolute Gasteiger partial charge is 0.356 e. The third kappa shape index (κ3) is 6.77. The summed E-state index contributed by atoms with van der Waals surface area (Å²) < 4.78 is 37.5. The first kappa shape index (κ1) is 21.6. The fraction of sp³-hybridized carbons (Fsp3) is 0.400. The van der Waals surface area contributed by atoms with E-state index in [1.54, 1.807) is 13.2 Å². The number of aromatic nitrogens is 2. The highest BCUT2D eigenvalue weighted by Crippen LogP contribution is 2.29. The molecule has 2 N–H and O–H groups in total. The topological polar surface area (TPSA) is 62.2 Å². The van der Waals surface area contributed by atoms with Crippen molar-refractivity contribution in [3.8, 4) is 0 Å². The maximum absolute atomic E-state index is 12.5. The number of halogens is 4. The monoisotopic (exact) mass is 485 g/mol. The Labute approximate surface area is 165 Å². The Morgan fingerprint density at radius 2 is 2.08 bits per heavy atom. The minimum atomic E-state index is -4.39. The first-order valence-corrected chi connectivity index (χ1v) is 8.14. The van der Waals surface area contributed by atoms with E-state index in [0.29, 0.717) is 30.5 Å². The van der Waals surface area contributed by atoms with Crippen LogP contribution < -0.4 is 10.6 Å². The summed E-state index contributed by atoms with van der Waals surface area (Å²) >= 11 is 1.01. The zero-order valence-corrected chi connectivity index (χ0v) is 16.9. The molecular formula is C15H19F3IN5S. The fourth-order valence-electron chi connectivity index (χ4n) is 1.94. The van der Waals surface area contributed by atoms with Gasteiger partial charge in [-0.2, -0.15) is 13.2 Å². The lowest BCUT2D eigenvalue weighted by Crippen LogP contribution is -2.38. The van der Waals surface area contributed by atoms with Crippen LogP contribution in [0.5, 0.6) is 0 Å². The van der Waals surface area contributed by atoms with E-state index in [2.05, 4.69) is 25.6 Å². The maximum atomic E-state index is 12.5. The standard InChI is InChI=1S/C15H18F3N5S.HI/c1-10-4-3-6-20-11(10)8-22-14(19-2)21-7-5-13-23-12(9-24-13)15(16,17)18;/h3-4,6,9H,5,7-8H2,1-2H3,(H2,19,21,22);1H. The van der Waals surface area contributed by atoms with Crippen molar-refractivity contribution in [3.05, 3.63) is 45.7 Å². The van der Waals surface area contributed by atoms with Crippen LogP contribution in [0.15, 0.2) is 28.7 Å². The molecule has 0 atom stereocenters. The van der Waals surface area contributed by atoms with Gasteiger partial charge in [0, 0.05) is 31.6 Å². The Balaban J connectivity index is 0.00000312. The van der Waals surface area contributed by atoms with Crippen LogP contribution in [-0.4, -0.2) is 29.5 Å².